The summed E-state index contributed by atoms with van der Waals surface area (Å²) in [6.45, 7) is 7.36. The van der Waals surface area contributed by atoms with Gasteiger partial charge in [0.2, 0.25) is 0 Å². The molecule has 0 aliphatic heterocycles. The van der Waals surface area contributed by atoms with E-state index in [1.807, 2.05) is 37.7 Å². The van der Waals surface area contributed by atoms with Gasteiger partial charge >= 0.3 is 0 Å². The summed E-state index contributed by atoms with van der Waals surface area (Å²) in [4.78, 5) is 11.5. The molecule has 0 radical (unpaired) electrons. The van der Waals surface area contributed by atoms with E-state index in [9.17, 15) is 5.11 Å². The lowest BCUT2D eigenvalue weighted by Gasteiger charge is -2.11. The van der Waals surface area contributed by atoms with Crippen molar-refractivity contribution in [3.63, 3.8) is 0 Å². The molecule has 1 heterocycles. The second kappa shape index (κ2) is 12.1. The highest BCUT2D eigenvalue weighted by Gasteiger charge is 2.09. The molecule has 0 fully saturated rings. The number of thiazole rings is 1. The predicted octanol–water partition coefficient (Wildman–Crippen LogP) is 5.97. The lowest BCUT2D eigenvalue weighted by Crippen LogP contribution is -2.14. The normalized spacial score (nSPS) is 10.6. The maximum atomic E-state index is 9.18. The highest BCUT2D eigenvalue weighted by molar-refractivity contribution is 7.10. The van der Waals surface area contributed by atoms with Crippen LogP contribution in [0, 0.1) is 13.8 Å². The average molecular weight is 466 g/mol. The van der Waals surface area contributed by atoms with Crippen LogP contribution in [0.3, 0.4) is 0 Å². The minimum absolute atomic E-state index is 0. The summed E-state index contributed by atoms with van der Waals surface area (Å²) in [6, 6.07) is 12.3. The summed E-state index contributed by atoms with van der Waals surface area (Å²) < 4.78 is 0. The van der Waals surface area contributed by atoms with E-state index in [1.165, 1.54) is 16.7 Å². The van der Waals surface area contributed by atoms with Crippen LogP contribution in [0.4, 0.5) is 5.69 Å². The van der Waals surface area contributed by atoms with E-state index in [0.29, 0.717) is 0 Å². The minimum Gasteiger partial charge on any atom is -0.392 e. The highest BCUT2D eigenvalue weighted by Crippen LogP contribution is 2.28. The molecule has 7 heteroatoms. The first kappa shape index (κ1) is 26.1. The summed E-state index contributed by atoms with van der Waals surface area (Å²) in [5, 5.41) is 12.4. The van der Waals surface area contributed by atoms with E-state index in [0.717, 1.165) is 40.5 Å². The van der Waals surface area contributed by atoms with Crippen molar-refractivity contribution in [1.29, 1.82) is 0 Å². The third-order valence-electron chi connectivity index (χ3n) is 4.87. The van der Waals surface area contributed by atoms with Crippen LogP contribution >= 0.6 is 36.2 Å². The number of nitrogens with zero attached hydrogens (tertiary/aromatic N) is 3. The molecule has 162 valence electrons. The molecule has 0 aliphatic rings. The molecule has 0 spiro atoms. The Morgan fingerprint density at radius 3 is 2.43 bits per heavy atom. The van der Waals surface area contributed by atoms with E-state index >= 15 is 0 Å². The Hall–Kier alpha value is -1.92. The summed E-state index contributed by atoms with van der Waals surface area (Å²) >= 11 is 1.69. The van der Waals surface area contributed by atoms with Crippen molar-refractivity contribution in [3.8, 4) is 11.3 Å². The van der Waals surface area contributed by atoms with Crippen LogP contribution in [-0.4, -0.2) is 34.9 Å². The Kier molecular flexibility index (Phi) is 10.5. The number of aryl methyl sites for hydroxylation is 2. The smallest absolute Gasteiger partial charge is 0.0976 e. The molecule has 0 saturated carbocycles. The fraction of sp³-hybridized carbons (Fsp3) is 0.304. The topological polar surface area (TPSA) is 48.7 Å². The van der Waals surface area contributed by atoms with Gasteiger partial charge in [0, 0.05) is 31.0 Å². The minimum atomic E-state index is 0. The van der Waals surface area contributed by atoms with Gasteiger partial charge in [-0.3, -0.25) is 0 Å². The van der Waals surface area contributed by atoms with E-state index < -0.39 is 0 Å². The fourth-order valence-corrected chi connectivity index (χ4v) is 3.73. The van der Waals surface area contributed by atoms with Gasteiger partial charge in [-0.05, 0) is 49.1 Å². The molecular formula is C23H29Cl2N3OS. The van der Waals surface area contributed by atoms with Crippen LogP contribution in [-0.2, 0) is 13.0 Å². The molecule has 1 N–H and O–H groups in total. The zero-order valence-corrected chi connectivity index (χ0v) is 20.2. The van der Waals surface area contributed by atoms with Crippen molar-refractivity contribution in [2.45, 2.75) is 33.8 Å². The summed E-state index contributed by atoms with van der Waals surface area (Å²) in [5.41, 5.74) is 7.71. The number of hydrogen-bond donors (Lipinski definition) is 1. The number of benzene rings is 2. The Labute approximate surface area is 195 Å². The molecule has 0 amide bonds. The van der Waals surface area contributed by atoms with Crippen molar-refractivity contribution in [3.05, 3.63) is 69.0 Å². The van der Waals surface area contributed by atoms with Crippen molar-refractivity contribution in [2.75, 3.05) is 13.6 Å². The number of halogens is 2. The Bertz CT molecular complexity index is 971. The molecule has 30 heavy (non-hydrogen) atoms. The van der Waals surface area contributed by atoms with Crippen LogP contribution in [0.1, 0.15) is 34.2 Å². The first-order valence-electron chi connectivity index (χ1n) is 9.49. The third-order valence-corrected chi connectivity index (χ3v) is 5.72. The number of aliphatic hydroxyl groups excluding tert-OH is 1. The quantitative estimate of drug-likeness (QED) is 0.345. The van der Waals surface area contributed by atoms with Crippen LogP contribution < -0.4 is 0 Å². The van der Waals surface area contributed by atoms with Gasteiger partial charge in [0.25, 0.3) is 0 Å². The first-order chi connectivity index (χ1) is 13.5. The van der Waals surface area contributed by atoms with E-state index in [1.54, 1.807) is 11.3 Å². The average Bonchev–Trinajstić information content (AvgIpc) is 3.17. The molecule has 0 unspecified atom stereocenters. The SMILES string of the molecule is CCN(C)C=Nc1cc(C)c(Cc2nc(-c3ccc(CO)cc3)cs2)cc1C.Cl.Cl. The molecule has 4 nitrogen and oxygen atoms in total. The molecular weight excluding hydrogens is 437 g/mol. The molecule has 0 saturated heterocycles. The molecule has 2 aromatic carbocycles. The third kappa shape index (κ3) is 6.54. The van der Waals surface area contributed by atoms with Gasteiger partial charge in [-0.2, -0.15) is 0 Å². The second-order valence-electron chi connectivity index (χ2n) is 7.04. The molecule has 1 aromatic heterocycles. The number of aromatic nitrogens is 1. The van der Waals surface area contributed by atoms with Crippen molar-refractivity contribution >= 4 is 48.2 Å². The molecule has 0 atom stereocenters. The van der Waals surface area contributed by atoms with Gasteiger partial charge in [-0.1, -0.05) is 30.3 Å². The molecule has 0 aliphatic carbocycles. The number of aliphatic hydroxyl groups is 1. The summed E-state index contributed by atoms with van der Waals surface area (Å²) in [6.07, 6.45) is 2.71. The van der Waals surface area contributed by atoms with Crippen molar-refractivity contribution in [1.82, 2.24) is 9.88 Å². The summed E-state index contributed by atoms with van der Waals surface area (Å²) in [5.74, 6) is 0. The largest absolute Gasteiger partial charge is 0.392 e. The lowest BCUT2D eigenvalue weighted by atomic mass is 10.0. The van der Waals surface area contributed by atoms with Crippen molar-refractivity contribution < 1.29 is 5.11 Å². The van der Waals surface area contributed by atoms with Crippen LogP contribution in [0.5, 0.6) is 0 Å². The molecule has 0 bridgehead atoms. The first-order valence-corrected chi connectivity index (χ1v) is 10.4. The van der Waals surface area contributed by atoms with E-state index in [-0.39, 0.29) is 31.4 Å². The number of aliphatic imine (C=N–C) groups is 1. The maximum Gasteiger partial charge on any atom is 0.0976 e. The monoisotopic (exact) mass is 465 g/mol. The van der Waals surface area contributed by atoms with Crippen molar-refractivity contribution in [2.24, 2.45) is 4.99 Å². The highest BCUT2D eigenvalue weighted by atomic mass is 35.5. The van der Waals surface area contributed by atoms with Gasteiger partial charge < -0.3 is 10.0 Å². The predicted molar refractivity (Wildman–Crippen MR) is 133 cm³/mol. The standard InChI is InChI=1S/C23H27N3OS.2ClH/c1-5-26(4)15-24-21-11-16(2)20(10-17(21)3)12-23-25-22(14-28-23)19-8-6-18(13-27)7-9-19;;/h6-11,14-15,27H,5,12-13H2,1-4H3;2*1H. The maximum absolute atomic E-state index is 9.18. The molecule has 3 aromatic rings. The van der Waals surface area contributed by atoms with Crippen LogP contribution in [0.2, 0.25) is 0 Å². The molecule has 3 rings (SSSR count). The number of rotatable bonds is 7. The summed E-state index contributed by atoms with van der Waals surface area (Å²) in [7, 11) is 2.03. The van der Waals surface area contributed by atoms with Gasteiger partial charge in [0.05, 0.1) is 29.3 Å². The zero-order chi connectivity index (χ0) is 20.1. The number of hydrogen-bond acceptors (Lipinski definition) is 4. The van der Waals surface area contributed by atoms with E-state index in [4.69, 9.17) is 4.98 Å². The fourth-order valence-electron chi connectivity index (χ4n) is 2.90. The second-order valence-corrected chi connectivity index (χ2v) is 7.98. The Balaban J connectivity index is 0.00000225. The van der Waals surface area contributed by atoms with Crippen LogP contribution in [0.15, 0.2) is 46.8 Å². The Morgan fingerprint density at radius 1 is 1.10 bits per heavy atom. The van der Waals surface area contributed by atoms with E-state index in [2.05, 4.69) is 48.2 Å². The zero-order valence-electron chi connectivity index (χ0n) is 17.8. The van der Waals surface area contributed by atoms with Crippen LogP contribution in [0.25, 0.3) is 11.3 Å². The van der Waals surface area contributed by atoms with Gasteiger partial charge in [-0.15, -0.1) is 36.2 Å². The van der Waals surface area contributed by atoms with Gasteiger partial charge in [0.1, 0.15) is 0 Å². The Morgan fingerprint density at radius 2 is 1.80 bits per heavy atom. The lowest BCUT2D eigenvalue weighted by molar-refractivity contribution is 0.282. The van der Waals surface area contributed by atoms with Gasteiger partial charge in [0.15, 0.2) is 0 Å². The van der Waals surface area contributed by atoms with Gasteiger partial charge in [-0.25, -0.2) is 9.98 Å².